The van der Waals surface area contributed by atoms with Gasteiger partial charge in [-0.15, -0.1) is 0 Å². The lowest BCUT2D eigenvalue weighted by Gasteiger charge is -2.03. The van der Waals surface area contributed by atoms with Crippen molar-refractivity contribution in [3.63, 3.8) is 0 Å². The van der Waals surface area contributed by atoms with Crippen LogP contribution in [0.5, 0.6) is 0 Å². The molecule has 0 bridgehead atoms. The van der Waals surface area contributed by atoms with Gasteiger partial charge >= 0.3 is 5.97 Å². The summed E-state index contributed by atoms with van der Waals surface area (Å²) in [6.45, 7) is 1.92. The first-order chi connectivity index (χ1) is 9.54. The maximum atomic E-state index is 11.6. The number of nitro groups is 1. The maximum absolute atomic E-state index is 11.6. The molecule has 0 fully saturated rings. The number of non-ortho nitro benzene ring substituents is 1. The monoisotopic (exact) mass is 295 g/mol. The third kappa shape index (κ3) is 2.62. The van der Waals surface area contributed by atoms with Gasteiger partial charge in [-0.1, -0.05) is 11.6 Å². The van der Waals surface area contributed by atoms with Crippen LogP contribution in [0.2, 0.25) is 5.15 Å². The largest absolute Gasteiger partial charge is 0.462 e. The van der Waals surface area contributed by atoms with E-state index in [0.717, 1.165) is 0 Å². The van der Waals surface area contributed by atoms with Gasteiger partial charge in [-0.05, 0) is 19.1 Å². The van der Waals surface area contributed by atoms with Gasteiger partial charge in [0.1, 0.15) is 10.7 Å². The zero-order chi connectivity index (χ0) is 14.7. The molecular weight excluding hydrogens is 286 g/mol. The average molecular weight is 296 g/mol. The second-order valence-electron chi connectivity index (χ2n) is 3.75. The van der Waals surface area contributed by atoms with E-state index < -0.39 is 10.9 Å². The second-order valence-corrected chi connectivity index (χ2v) is 4.11. The van der Waals surface area contributed by atoms with Gasteiger partial charge in [0, 0.05) is 12.1 Å². The van der Waals surface area contributed by atoms with Gasteiger partial charge in [0.05, 0.1) is 23.4 Å². The number of esters is 1. The van der Waals surface area contributed by atoms with Gasteiger partial charge in [-0.2, -0.15) is 5.10 Å². The van der Waals surface area contributed by atoms with Crippen LogP contribution in [-0.4, -0.2) is 27.3 Å². The van der Waals surface area contributed by atoms with Crippen LogP contribution in [0, 0.1) is 10.1 Å². The Kier molecular flexibility index (Phi) is 3.99. The van der Waals surface area contributed by atoms with E-state index in [-0.39, 0.29) is 23.0 Å². The van der Waals surface area contributed by atoms with Crippen LogP contribution in [0.1, 0.15) is 17.3 Å². The fraction of sp³-hybridized carbons (Fsp3) is 0.167. The van der Waals surface area contributed by atoms with E-state index in [2.05, 4.69) is 5.10 Å². The molecule has 0 aliphatic rings. The Labute approximate surface area is 118 Å². The molecule has 0 saturated heterocycles. The van der Waals surface area contributed by atoms with Crippen LogP contribution in [0.25, 0.3) is 5.69 Å². The number of nitrogens with zero attached hydrogens (tertiary/aromatic N) is 3. The highest BCUT2D eigenvalue weighted by atomic mass is 35.5. The minimum Gasteiger partial charge on any atom is -0.462 e. The summed E-state index contributed by atoms with van der Waals surface area (Å²) in [5, 5.41) is 14.6. The normalized spacial score (nSPS) is 10.3. The molecule has 0 amide bonds. The lowest BCUT2D eigenvalue weighted by Crippen LogP contribution is -2.04. The van der Waals surface area contributed by atoms with E-state index in [1.165, 1.54) is 35.1 Å². The lowest BCUT2D eigenvalue weighted by atomic mass is 10.3. The predicted molar refractivity (Wildman–Crippen MR) is 71.2 cm³/mol. The first kappa shape index (κ1) is 14.0. The molecule has 0 spiro atoms. The van der Waals surface area contributed by atoms with E-state index in [9.17, 15) is 14.9 Å². The van der Waals surface area contributed by atoms with Gasteiger partial charge in [0.15, 0.2) is 0 Å². The van der Waals surface area contributed by atoms with Crippen molar-refractivity contribution in [2.24, 2.45) is 0 Å². The molecule has 0 saturated carbocycles. The summed E-state index contributed by atoms with van der Waals surface area (Å²) in [5.74, 6) is -0.564. The smallest absolute Gasteiger partial charge is 0.342 e. The highest BCUT2D eigenvalue weighted by Crippen LogP contribution is 2.22. The number of hydrogen-bond donors (Lipinski definition) is 0. The maximum Gasteiger partial charge on any atom is 0.342 e. The third-order valence-electron chi connectivity index (χ3n) is 2.51. The minimum absolute atomic E-state index is 0.0392. The van der Waals surface area contributed by atoms with Crippen LogP contribution in [0.4, 0.5) is 5.69 Å². The Balaban J connectivity index is 2.34. The van der Waals surface area contributed by atoms with Crippen LogP contribution in [-0.2, 0) is 4.74 Å². The number of carbonyl (C=O) groups excluding carboxylic acids is 1. The summed E-state index contributed by atoms with van der Waals surface area (Å²) in [7, 11) is 0. The number of halogens is 1. The van der Waals surface area contributed by atoms with E-state index >= 15 is 0 Å². The Hall–Kier alpha value is -2.41. The van der Waals surface area contributed by atoms with Crippen LogP contribution in [0.3, 0.4) is 0 Å². The standard InChI is InChI=1S/C12H10ClN3O4/c1-2-20-12(17)10-7-14-15(11(10)13)8-3-5-9(6-4-8)16(18)19/h3-7H,2H2,1H3. The molecule has 7 nitrogen and oxygen atoms in total. The van der Waals surface area contributed by atoms with Gasteiger partial charge < -0.3 is 4.74 Å². The lowest BCUT2D eigenvalue weighted by molar-refractivity contribution is -0.384. The molecule has 2 rings (SSSR count). The van der Waals surface area contributed by atoms with Gasteiger partial charge in [-0.3, -0.25) is 10.1 Å². The summed E-state index contributed by atoms with van der Waals surface area (Å²) in [4.78, 5) is 21.7. The molecule has 1 aromatic carbocycles. The number of aromatic nitrogens is 2. The van der Waals surface area contributed by atoms with Crippen LogP contribution >= 0.6 is 11.6 Å². The second kappa shape index (κ2) is 5.70. The van der Waals surface area contributed by atoms with Crippen LogP contribution in [0.15, 0.2) is 30.5 Å². The molecule has 0 aliphatic carbocycles. The predicted octanol–water partition coefficient (Wildman–Crippen LogP) is 2.61. The van der Waals surface area contributed by atoms with Crippen molar-refractivity contribution in [3.8, 4) is 5.69 Å². The molecule has 20 heavy (non-hydrogen) atoms. The highest BCUT2D eigenvalue weighted by Gasteiger charge is 2.18. The van der Waals surface area contributed by atoms with Gasteiger partial charge in [0.25, 0.3) is 5.69 Å². The first-order valence-electron chi connectivity index (χ1n) is 5.70. The average Bonchev–Trinajstić information content (AvgIpc) is 2.81. The summed E-state index contributed by atoms with van der Waals surface area (Å²) in [6.07, 6.45) is 1.29. The fourth-order valence-electron chi connectivity index (χ4n) is 1.57. The Morgan fingerprint density at radius 3 is 2.65 bits per heavy atom. The summed E-state index contributed by atoms with van der Waals surface area (Å²) in [5.41, 5.74) is 0.616. The Morgan fingerprint density at radius 2 is 2.10 bits per heavy atom. The Morgan fingerprint density at radius 1 is 1.45 bits per heavy atom. The van der Waals surface area contributed by atoms with E-state index in [1.54, 1.807) is 6.92 Å². The zero-order valence-electron chi connectivity index (χ0n) is 10.4. The van der Waals surface area contributed by atoms with Crippen LogP contribution < -0.4 is 0 Å². The molecule has 0 N–H and O–H groups in total. The molecule has 1 aromatic heterocycles. The summed E-state index contributed by atoms with van der Waals surface area (Å²) in [6, 6.07) is 5.65. The SMILES string of the molecule is CCOC(=O)c1cnn(-c2ccc([N+](=O)[O-])cc2)c1Cl. The number of rotatable bonds is 4. The molecule has 8 heteroatoms. The molecule has 0 unspecified atom stereocenters. The van der Waals surface area contributed by atoms with Crippen molar-refractivity contribution in [1.29, 1.82) is 0 Å². The van der Waals surface area contributed by atoms with Crippen molar-refractivity contribution in [3.05, 3.63) is 51.3 Å². The fourth-order valence-corrected chi connectivity index (χ4v) is 1.84. The quantitative estimate of drug-likeness (QED) is 0.491. The number of carbonyl (C=O) groups is 1. The van der Waals surface area contributed by atoms with Gasteiger partial charge in [0.2, 0.25) is 0 Å². The minimum atomic E-state index is -0.564. The molecule has 0 aliphatic heterocycles. The van der Waals surface area contributed by atoms with Crippen molar-refractivity contribution in [2.45, 2.75) is 6.92 Å². The van der Waals surface area contributed by atoms with E-state index in [1.807, 2.05) is 0 Å². The van der Waals surface area contributed by atoms with Crippen molar-refractivity contribution in [2.75, 3.05) is 6.61 Å². The molecule has 2 aromatic rings. The number of hydrogen-bond acceptors (Lipinski definition) is 5. The molecular formula is C12H10ClN3O4. The third-order valence-corrected chi connectivity index (χ3v) is 2.87. The van der Waals surface area contributed by atoms with E-state index in [0.29, 0.717) is 5.69 Å². The van der Waals surface area contributed by atoms with Crippen molar-refractivity contribution in [1.82, 2.24) is 9.78 Å². The highest BCUT2D eigenvalue weighted by molar-refractivity contribution is 6.32. The van der Waals surface area contributed by atoms with Crippen molar-refractivity contribution < 1.29 is 14.5 Å². The number of ether oxygens (including phenoxy) is 1. The number of nitro benzene ring substituents is 1. The van der Waals surface area contributed by atoms with E-state index in [4.69, 9.17) is 16.3 Å². The van der Waals surface area contributed by atoms with Gasteiger partial charge in [-0.25, -0.2) is 9.48 Å². The number of benzene rings is 1. The van der Waals surface area contributed by atoms with Crippen molar-refractivity contribution >= 4 is 23.3 Å². The topological polar surface area (TPSA) is 87.3 Å². The Bertz CT molecular complexity index is 651. The summed E-state index contributed by atoms with van der Waals surface area (Å²) < 4.78 is 6.15. The molecule has 0 radical (unpaired) electrons. The first-order valence-corrected chi connectivity index (χ1v) is 6.08. The molecule has 104 valence electrons. The molecule has 0 atom stereocenters. The summed E-state index contributed by atoms with van der Waals surface area (Å²) >= 11 is 6.06. The molecule has 1 heterocycles. The zero-order valence-corrected chi connectivity index (χ0v) is 11.2.